The van der Waals surface area contributed by atoms with E-state index >= 15 is 4.39 Å². The molecule has 238 valence electrons. The number of benzene rings is 5. The van der Waals surface area contributed by atoms with Crippen LogP contribution < -0.4 is 0 Å². The van der Waals surface area contributed by atoms with Gasteiger partial charge in [0.1, 0.15) is 11.8 Å². The Balaban J connectivity index is 0.00000325. The van der Waals surface area contributed by atoms with E-state index in [1.807, 2.05) is 59.3 Å². The molecule has 1 aliphatic rings. The van der Waals surface area contributed by atoms with Crippen molar-refractivity contribution < 1.29 is 25.5 Å². The van der Waals surface area contributed by atoms with Crippen molar-refractivity contribution in [3.8, 4) is 5.69 Å². The number of pyridine rings is 2. The summed E-state index contributed by atoms with van der Waals surface area (Å²) in [4.78, 5) is 12.0. The molecule has 0 spiro atoms. The molecular formula is C42H27FN4PtS. The molecule has 7 heteroatoms. The van der Waals surface area contributed by atoms with E-state index in [1.54, 1.807) is 24.0 Å². The predicted octanol–water partition coefficient (Wildman–Crippen LogP) is 10.6. The van der Waals surface area contributed by atoms with Crippen LogP contribution in [0.15, 0.2) is 132 Å². The van der Waals surface area contributed by atoms with Crippen LogP contribution in [0, 0.1) is 12.1 Å². The van der Waals surface area contributed by atoms with Gasteiger partial charge in [-0.05, 0) is 52.9 Å². The van der Waals surface area contributed by atoms with E-state index < -0.39 is 6.17 Å². The van der Waals surface area contributed by atoms with Crippen LogP contribution in [-0.2, 0) is 26.5 Å². The second-order valence-corrected chi connectivity index (χ2v) is 14.1. The van der Waals surface area contributed by atoms with Crippen molar-refractivity contribution in [1.82, 2.24) is 18.9 Å². The number of rotatable bonds is 3. The van der Waals surface area contributed by atoms with E-state index in [4.69, 9.17) is 4.98 Å². The third-order valence-corrected chi connectivity index (χ3v) is 11.1. The summed E-state index contributed by atoms with van der Waals surface area (Å²) in [5.41, 5.74) is 7.79. The summed E-state index contributed by atoms with van der Waals surface area (Å²) in [7, 11) is 0. The molecule has 0 saturated heterocycles. The summed E-state index contributed by atoms with van der Waals surface area (Å²) >= 11 is 1.81. The average molecular weight is 834 g/mol. The maximum Gasteiger partial charge on any atom is 2.00 e. The molecule has 0 N–H and O–H groups in total. The molecule has 5 heterocycles. The molecule has 4 aromatic heterocycles. The Hall–Kier alpha value is -4.77. The third kappa shape index (κ3) is 4.40. The minimum Gasteiger partial charge on any atom is -0.340 e. The fourth-order valence-electron chi connectivity index (χ4n) is 7.59. The van der Waals surface area contributed by atoms with Crippen LogP contribution in [0.3, 0.4) is 0 Å². The molecule has 5 aromatic carbocycles. The van der Waals surface area contributed by atoms with Crippen molar-refractivity contribution in [2.45, 2.75) is 35.2 Å². The Morgan fingerprint density at radius 3 is 2.39 bits per heavy atom. The number of hydrogen-bond donors (Lipinski definition) is 0. The summed E-state index contributed by atoms with van der Waals surface area (Å²) in [5.74, 6) is 0. The van der Waals surface area contributed by atoms with Gasteiger partial charge in [0.25, 0.3) is 0 Å². The Bertz CT molecular complexity index is 2780. The van der Waals surface area contributed by atoms with Crippen molar-refractivity contribution in [1.29, 1.82) is 0 Å². The number of imidazole rings is 1. The van der Waals surface area contributed by atoms with Crippen molar-refractivity contribution in [2.24, 2.45) is 0 Å². The quantitative estimate of drug-likeness (QED) is 0.131. The van der Waals surface area contributed by atoms with Gasteiger partial charge in [-0.25, -0.2) is 9.37 Å². The van der Waals surface area contributed by atoms with Crippen molar-refractivity contribution in [2.75, 3.05) is 0 Å². The SMILES string of the molecule is CC1(C)c2ccccc2Sc2cc3c(cc21)c1cccnc1n3-c1[c-]c(C(F)c2[c-]c3c(cc2)c2ccccc2n2ccnc32)ccc1.[Pt+2]. The van der Waals surface area contributed by atoms with Gasteiger partial charge in [0.05, 0.1) is 11.2 Å². The molecule has 9 aromatic rings. The van der Waals surface area contributed by atoms with Gasteiger partial charge >= 0.3 is 21.1 Å². The van der Waals surface area contributed by atoms with Crippen molar-refractivity contribution >= 4 is 61.0 Å². The first-order valence-electron chi connectivity index (χ1n) is 16.0. The first-order chi connectivity index (χ1) is 23.5. The number of aromatic nitrogens is 4. The smallest absolute Gasteiger partial charge is 0.340 e. The summed E-state index contributed by atoms with van der Waals surface area (Å²) in [5, 5.41) is 5.06. The molecular weight excluding hydrogens is 807 g/mol. The number of fused-ring (bicyclic) bond motifs is 11. The van der Waals surface area contributed by atoms with Gasteiger partial charge in [0.15, 0.2) is 0 Å². The number of halogens is 1. The average Bonchev–Trinajstić information content (AvgIpc) is 3.74. The zero-order chi connectivity index (χ0) is 32.1. The van der Waals surface area contributed by atoms with Gasteiger partial charge in [-0.15, -0.1) is 29.8 Å². The molecule has 4 nitrogen and oxygen atoms in total. The molecule has 1 unspecified atom stereocenters. The largest absolute Gasteiger partial charge is 2.00 e. The van der Waals surface area contributed by atoms with Gasteiger partial charge in [-0.3, -0.25) is 4.98 Å². The summed E-state index contributed by atoms with van der Waals surface area (Å²) in [6.45, 7) is 4.60. The van der Waals surface area contributed by atoms with E-state index in [1.165, 1.54) is 20.9 Å². The molecule has 0 aliphatic carbocycles. The Labute approximate surface area is 300 Å². The zero-order valence-corrected chi connectivity index (χ0v) is 29.6. The number of para-hydroxylation sites is 1. The molecule has 1 atom stereocenters. The normalized spacial score (nSPS) is 14.3. The zero-order valence-electron chi connectivity index (χ0n) is 26.5. The maximum atomic E-state index is 16.6. The molecule has 0 fully saturated rings. The van der Waals surface area contributed by atoms with Gasteiger partial charge in [-0.1, -0.05) is 84.0 Å². The fourth-order valence-corrected chi connectivity index (χ4v) is 9.01. The topological polar surface area (TPSA) is 35.1 Å². The fraction of sp³-hybridized carbons (Fsp3) is 0.0952. The minimum absolute atomic E-state index is 0. The van der Waals surface area contributed by atoms with Crippen LogP contribution in [0.2, 0.25) is 0 Å². The number of hydrogen-bond acceptors (Lipinski definition) is 3. The van der Waals surface area contributed by atoms with Crippen LogP contribution in [0.25, 0.3) is 54.9 Å². The van der Waals surface area contributed by atoms with E-state index in [2.05, 4.69) is 90.1 Å². The molecule has 10 rings (SSSR count). The predicted molar refractivity (Wildman–Crippen MR) is 192 cm³/mol. The monoisotopic (exact) mass is 833 g/mol. The third-order valence-electron chi connectivity index (χ3n) is 9.96. The first kappa shape index (κ1) is 30.3. The van der Waals surface area contributed by atoms with Gasteiger partial charge < -0.3 is 8.97 Å². The van der Waals surface area contributed by atoms with Crippen molar-refractivity contribution in [3.63, 3.8) is 0 Å². The second kappa shape index (κ2) is 11.1. The van der Waals surface area contributed by atoms with Gasteiger partial charge in [0, 0.05) is 50.1 Å². The first-order valence-corrected chi connectivity index (χ1v) is 16.9. The van der Waals surface area contributed by atoms with E-state index in [-0.39, 0.29) is 26.5 Å². The molecule has 0 radical (unpaired) electrons. The molecule has 0 bridgehead atoms. The maximum absolute atomic E-state index is 16.6. The Morgan fingerprint density at radius 1 is 0.673 bits per heavy atom. The second-order valence-electron chi connectivity index (χ2n) is 13.0. The van der Waals surface area contributed by atoms with E-state index in [0.29, 0.717) is 11.1 Å². The van der Waals surface area contributed by atoms with Crippen LogP contribution in [-0.4, -0.2) is 18.9 Å². The standard InChI is InChI=1S/C42H27FN4S.Pt/c1-42(2)33-13-4-6-15-37(33)48-38-24-36-31(23-34(38)42)30-12-8-18-44-41(30)47(36)27-10-7-9-25(21-27)39(43)26-16-17-28-29-11-3-5-14-35(29)46-20-19-45-40(46)32(28)22-26;/h3-20,23-24,39H,1-2H3;/q-2;+2. The van der Waals surface area contributed by atoms with Crippen LogP contribution in [0.1, 0.15) is 42.3 Å². The molecule has 1 aliphatic heterocycles. The minimum atomic E-state index is -1.43. The van der Waals surface area contributed by atoms with Crippen LogP contribution >= 0.6 is 11.8 Å². The molecule has 0 amide bonds. The van der Waals surface area contributed by atoms with Gasteiger partial charge in [0.2, 0.25) is 0 Å². The Kier molecular flexibility index (Phi) is 6.88. The van der Waals surface area contributed by atoms with Crippen LogP contribution in [0.5, 0.6) is 0 Å². The molecule has 0 saturated carbocycles. The number of alkyl halides is 1. The van der Waals surface area contributed by atoms with E-state index in [0.717, 1.165) is 54.9 Å². The van der Waals surface area contributed by atoms with Gasteiger partial charge in [-0.2, -0.15) is 18.2 Å². The van der Waals surface area contributed by atoms with E-state index in [9.17, 15) is 0 Å². The van der Waals surface area contributed by atoms with Crippen molar-refractivity contribution in [3.05, 3.63) is 156 Å². The summed E-state index contributed by atoms with van der Waals surface area (Å²) in [6, 6.07) is 42.0. The summed E-state index contributed by atoms with van der Waals surface area (Å²) in [6.07, 6.45) is 4.10. The molecule has 49 heavy (non-hydrogen) atoms. The van der Waals surface area contributed by atoms with Crippen LogP contribution in [0.4, 0.5) is 4.39 Å². The Morgan fingerprint density at radius 2 is 1.47 bits per heavy atom. The number of nitrogens with zero attached hydrogens (tertiary/aromatic N) is 4. The summed E-state index contributed by atoms with van der Waals surface area (Å²) < 4.78 is 20.8.